The minimum absolute atomic E-state index is 0.255. The van der Waals surface area contributed by atoms with Gasteiger partial charge >= 0.3 is 0 Å². The van der Waals surface area contributed by atoms with E-state index in [4.69, 9.17) is 0 Å². The Balaban J connectivity index is 2.30. The molecule has 0 amide bonds. The minimum atomic E-state index is 0.255. The van der Waals surface area contributed by atoms with Gasteiger partial charge < -0.3 is 4.57 Å². The Labute approximate surface area is 72.0 Å². The van der Waals surface area contributed by atoms with E-state index < -0.39 is 0 Å². The molecule has 60 valence electrons. The first-order valence-corrected chi connectivity index (χ1v) is 4.51. The lowest BCUT2D eigenvalue weighted by molar-refractivity contribution is 0.684. The maximum atomic E-state index is 4.36. The summed E-state index contributed by atoms with van der Waals surface area (Å²) in [7, 11) is 0. The molecule has 1 atom stereocenters. The van der Waals surface area contributed by atoms with Gasteiger partial charge in [-0.05, 0) is 19.8 Å². The molecule has 0 saturated heterocycles. The van der Waals surface area contributed by atoms with Gasteiger partial charge in [0.05, 0.1) is 5.25 Å². The van der Waals surface area contributed by atoms with Crippen LogP contribution in [-0.4, -0.2) is 9.55 Å². The highest BCUT2D eigenvalue weighted by molar-refractivity contribution is 7.80. The molecule has 1 aromatic heterocycles. The summed E-state index contributed by atoms with van der Waals surface area (Å²) >= 11 is 4.36. The SMILES string of the molecule is C[C@@H](S)c1nccn1C1CC1. The molecule has 0 N–H and O–H groups in total. The van der Waals surface area contributed by atoms with Crippen molar-refractivity contribution in [1.82, 2.24) is 9.55 Å². The van der Waals surface area contributed by atoms with Gasteiger partial charge in [-0.15, -0.1) is 0 Å². The van der Waals surface area contributed by atoms with Crippen LogP contribution in [0.3, 0.4) is 0 Å². The number of imidazole rings is 1. The second-order valence-electron chi connectivity index (χ2n) is 3.10. The predicted molar refractivity (Wildman–Crippen MR) is 47.9 cm³/mol. The highest BCUT2D eigenvalue weighted by Crippen LogP contribution is 2.37. The molecule has 0 unspecified atom stereocenters. The maximum Gasteiger partial charge on any atom is 0.121 e. The lowest BCUT2D eigenvalue weighted by atomic mass is 10.4. The summed E-state index contributed by atoms with van der Waals surface area (Å²) in [6.45, 7) is 2.06. The van der Waals surface area contributed by atoms with Crippen LogP contribution in [-0.2, 0) is 0 Å². The van der Waals surface area contributed by atoms with Crippen molar-refractivity contribution in [3.8, 4) is 0 Å². The lowest BCUT2D eigenvalue weighted by Crippen LogP contribution is -2.00. The Bertz CT molecular complexity index is 234. The molecular weight excluding hydrogens is 156 g/mol. The molecule has 0 bridgehead atoms. The van der Waals surface area contributed by atoms with E-state index in [1.807, 2.05) is 6.20 Å². The van der Waals surface area contributed by atoms with Crippen molar-refractivity contribution in [2.24, 2.45) is 0 Å². The van der Waals surface area contributed by atoms with Gasteiger partial charge in [0.1, 0.15) is 5.82 Å². The Morgan fingerprint density at radius 1 is 1.73 bits per heavy atom. The van der Waals surface area contributed by atoms with E-state index in [2.05, 4.69) is 35.3 Å². The lowest BCUT2D eigenvalue weighted by Gasteiger charge is -2.07. The molecule has 2 rings (SSSR count). The normalized spacial score (nSPS) is 20.2. The third kappa shape index (κ3) is 1.29. The first kappa shape index (κ1) is 7.22. The molecule has 3 heteroatoms. The molecule has 0 radical (unpaired) electrons. The highest BCUT2D eigenvalue weighted by Gasteiger charge is 2.26. The average molecular weight is 168 g/mol. The number of thiol groups is 1. The number of rotatable bonds is 2. The number of nitrogens with zero attached hydrogens (tertiary/aromatic N) is 2. The van der Waals surface area contributed by atoms with E-state index in [1.165, 1.54) is 12.8 Å². The summed E-state index contributed by atoms with van der Waals surface area (Å²) in [6, 6.07) is 0.724. The third-order valence-electron chi connectivity index (χ3n) is 2.01. The van der Waals surface area contributed by atoms with E-state index in [0.717, 1.165) is 11.9 Å². The van der Waals surface area contributed by atoms with Crippen LogP contribution in [0.15, 0.2) is 12.4 Å². The highest BCUT2D eigenvalue weighted by atomic mass is 32.1. The van der Waals surface area contributed by atoms with Crippen LogP contribution < -0.4 is 0 Å². The first-order valence-electron chi connectivity index (χ1n) is 4.00. The zero-order chi connectivity index (χ0) is 7.84. The van der Waals surface area contributed by atoms with Gasteiger partial charge in [0.2, 0.25) is 0 Å². The Hall–Kier alpha value is -0.440. The van der Waals surface area contributed by atoms with Crippen molar-refractivity contribution in [1.29, 1.82) is 0 Å². The summed E-state index contributed by atoms with van der Waals surface area (Å²) in [5.74, 6) is 1.11. The van der Waals surface area contributed by atoms with Crippen LogP contribution in [0.25, 0.3) is 0 Å². The third-order valence-corrected chi connectivity index (χ3v) is 2.24. The summed E-state index contributed by atoms with van der Waals surface area (Å²) in [5, 5.41) is 0.255. The fourth-order valence-electron chi connectivity index (χ4n) is 1.31. The summed E-state index contributed by atoms with van der Waals surface area (Å²) in [6.07, 6.45) is 6.54. The smallest absolute Gasteiger partial charge is 0.121 e. The topological polar surface area (TPSA) is 17.8 Å². The molecule has 0 spiro atoms. The van der Waals surface area contributed by atoms with Crippen LogP contribution in [0.5, 0.6) is 0 Å². The molecule has 1 aromatic rings. The molecule has 2 nitrogen and oxygen atoms in total. The molecule has 1 fully saturated rings. The second-order valence-corrected chi connectivity index (χ2v) is 3.87. The van der Waals surface area contributed by atoms with Crippen LogP contribution in [0.1, 0.15) is 36.9 Å². The summed E-state index contributed by atoms with van der Waals surface area (Å²) < 4.78 is 2.25. The van der Waals surface area contributed by atoms with E-state index >= 15 is 0 Å². The van der Waals surface area contributed by atoms with Gasteiger partial charge in [0.25, 0.3) is 0 Å². The fraction of sp³-hybridized carbons (Fsp3) is 0.625. The Morgan fingerprint density at radius 2 is 2.45 bits per heavy atom. The van der Waals surface area contributed by atoms with Crippen molar-refractivity contribution < 1.29 is 0 Å². The zero-order valence-corrected chi connectivity index (χ0v) is 7.46. The number of aromatic nitrogens is 2. The number of hydrogen-bond donors (Lipinski definition) is 1. The van der Waals surface area contributed by atoms with E-state index in [0.29, 0.717) is 0 Å². The molecule has 1 heterocycles. The predicted octanol–water partition coefficient (Wildman–Crippen LogP) is 2.21. The molecule has 1 saturated carbocycles. The monoisotopic (exact) mass is 168 g/mol. The van der Waals surface area contributed by atoms with Gasteiger partial charge in [-0.2, -0.15) is 12.6 Å². The second kappa shape index (κ2) is 2.55. The molecule has 1 aliphatic rings. The Morgan fingerprint density at radius 3 is 3.00 bits per heavy atom. The summed E-state index contributed by atoms with van der Waals surface area (Å²) in [5.41, 5.74) is 0. The Kier molecular flexibility index (Phi) is 1.68. The molecule has 1 aliphatic carbocycles. The zero-order valence-electron chi connectivity index (χ0n) is 6.57. The quantitative estimate of drug-likeness (QED) is 0.670. The van der Waals surface area contributed by atoms with Crippen molar-refractivity contribution in [2.75, 3.05) is 0 Å². The van der Waals surface area contributed by atoms with Gasteiger partial charge in [-0.1, -0.05) is 0 Å². The van der Waals surface area contributed by atoms with E-state index in [-0.39, 0.29) is 5.25 Å². The minimum Gasteiger partial charge on any atom is -0.331 e. The van der Waals surface area contributed by atoms with Crippen molar-refractivity contribution in [3.05, 3.63) is 18.2 Å². The van der Waals surface area contributed by atoms with Gasteiger partial charge in [-0.25, -0.2) is 4.98 Å². The maximum absolute atomic E-state index is 4.36. The van der Waals surface area contributed by atoms with E-state index in [1.54, 1.807) is 0 Å². The fourth-order valence-corrected chi connectivity index (χ4v) is 1.51. The van der Waals surface area contributed by atoms with Crippen LogP contribution in [0, 0.1) is 0 Å². The standard InChI is InChI=1S/C8H12N2S/c1-6(11)8-9-4-5-10(8)7-2-3-7/h4-7,11H,2-3H2,1H3/t6-/m1/s1. The van der Waals surface area contributed by atoms with Crippen LogP contribution >= 0.6 is 12.6 Å². The largest absolute Gasteiger partial charge is 0.331 e. The molecule has 11 heavy (non-hydrogen) atoms. The van der Waals surface area contributed by atoms with Gasteiger partial charge in [-0.3, -0.25) is 0 Å². The van der Waals surface area contributed by atoms with E-state index in [9.17, 15) is 0 Å². The van der Waals surface area contributed by atoms with Crippen molar-refractivity contribution in [3.63, 3.8) is 0 Å². The van der Waals surface area contributed by atoms with Gasteiger partial charge in [0, 0.05) is 18.4 Å². The molecule has 0 aliphatic heterocycles. The van der Waals surface area contributed by atoms with Gasteiger partial charge in [0.15, 0.2) is 0 Å². The average Bonchev–Trinajstić information content (AvgIpc) is 2.68. The number of hydrogen-bond acceptors (Lipinski definition) is 2. The van der Waals surface area contributed by atoms with Crippen molar-refractivity contribution in [2.45, 2.75) is 31.1 Å². The first-order chi connectivity index (χ1) is 5.29. The molecular formula is C8H12N2S. The molecule has 0 aromatic carbocycles. The van der Waals surface area contributed by atoms with Crippen LogP contribution in [0.2, 0.25) is 0 Å². The summed E-state index contributed by atoms with van der Waals surface area (Å²) in [4.78, 5) is 4.26. The van der Waals surface area contributed by atoms with Crippen molar-refractivity contribution >= 4 is 12.6 Å². The van der Waals surface area contributed by atoms with Crippen LogP contribution in [0.4, 0.5) is 0 Å².